The Labute approximate surface area is 222 Å². The SMILES string of the molecule is COc1ccc(NC(=O)c2cc3ccccc3c(N=Nc3c(C)ccc(S(=O)(=O)O)c3Cl)c2O)c(Cl)c1. The summed E-state index contributed by atoms with van der Waals surface area (Å²) in [5.74, 6) is -0.620. The molecule has 0 radical (unpaired) electrons. The zero-order valence-corrected chi connectivity index (χ0v) is 21.7. The normalized spacial score (nSPS) is 11.7. The zero-order chi connectivity index (χ0) is 26.9. The van der Waals surface area contributed by atoms with Gasteiger partial charge in [-0.05, 0) is 42.1 Å². The van der Waals surface area contributed by atoms with Crippen LogP contribution < -0.4 is 10.1 Å². The molecule has 0 saturated heterocycles. The Bertz CT molecular complexity index is 1690. The number of nitrogens with zero attached hydrogens (tertiary/aromatic N) is 2. The molecule has 12 heteroatoms. The quantitative estimate of drug-likeness (QED) is 0.170. The molecule has 1 amide bonds. The third-order valence-electron chi connectivity index (χ3n) is 5.47. The number of rotatable bonds is 6. The van der Waals surface area contributed by atoms with Crippen molar-refractivity contribution in [3.8, 4) is 11.5 Å². The molecule has 0 fully saturated rings. The van der Waals surface area contributed by atoms with Crippen LogP contribution in [0, 0.1) is 6.92 Å². The van der Waals surface area contributed by atoms with Crippen LogP contribution in [0.2, 0.25) is 10.0 Å². The monoisotopic (exact) mass is 559 g/mol. The van der Waals surface area contributed by atoms with Crippen LogP contribution in [0.3, 0.4) is 0 Å². The highest BCUT2D eigenvalue weighted by Crippen LogP contribution is 2.42. The maximum atomic E-state index is 13.1. The van der Waals surface area contributed by atoms with Gasteiger partial charge in [-0.2, -0.15) is 8.42 Å². The van der Waals surface area contributed by atoms with E-state index in [-0.39, 0.29) is 27.0 Å². The van der Waals surface area contributed by atoms with Crippen LogP contribution in [0.5, 0.6) is 11.5 Å². The second kappa shape index (κ2) is 10.3. The fourth-order valence-corrected chi connectivity index (χ4v) is 4.89. The number of fused-ring (bicyclic) bond motifs is 1. The maximum Gasteiger partial charge on any atom is 0.296 e. The van der Waals surface area contributed by atoms with E-state index < -0.39 is 26.7 Å². The molecule has 3 N–H and O–H groups in total. The zero-order valence-electron chi connectivity index (χ0n) is 19.4. The van der Waals surface area contributed by atoms with E-state index in [0.717, 1.165) is 6.07 Å². The van der Waals surface area contributed by atoms with Crippen molar-refractivity contribution in [1.29, 1.82) is 0 Å². The summed E-state index contributed by atoms with van der Waals surface area (Å²) in [4.78, 5) is 12.6. The van der Waals surface area contributed by atoms with E-state index in [1.54, 1.807) is 43.3 Å². The van der Waals surface area contributed by atoms with Gasteiger partial charge in [0.05, 0.1) is 28.4 Å². The maximum absolute atomic E-state index is 13.1. The first-order valence-corrected chi connectivity index (χ1v) is 12.8. The number of azo groups is 1. The number of aromatic hydroxyl groups is 1. The van der Waals surface area contributed by atoms with E-state index in [0.29, 0.717) is 27.8 Å². The molecular weight excluding hydrogens is 541 g/mol. The molecule has 0 spiro atoms. The van der Waals surface area contributed by atoms with E-state index in [4.69, 9.17) is 27.9 Å². The molecule has 4 rings (SSSR count). The predicted molar refractivity (Wildman–Crippen MR) is 142 cm³/mol. The van der Waals surface area contributed by atoms with Crippen LogP contribution in [-0.2, 0) is 10.1 Å². The Balaban J connectivity index is 1.81. The Hall–Kier alpha value is -3.70. The average molecular weight is 560 g/mol. The van der Waals surface area contributed by atoms with Crippen LogP contribution in [-0.4, -0.2) is 31.1 Å². The molecule has 190 valence electrons. The molecule has 9 nitrogen and oxygen atoms in total. The summed E-state index contributed by atoms with van der Waals surface area (Å²) in [5, 5.41) is 22.9. The summed E-state index contributed by atoms with van der Waals surface area (Å²) < 4.78 is 37.8. The third kappa shape index (κ3) is 5.37. The minimum atomic E-state index is -4.61. The van der Waals surface area contributed by atoms with Crippen molar-refractivity contribution in [1.82, 2.24) is 0 Å². The number of methoxy groups -OCH3 is 1. The van der Waals surface area contributed by atoms with Crippen molar-refractivity contribution >= 4 is 67.1 Å². The summed E-state index contributed by atoms with van der Waals surface area (Å²) in [6.07, 6.45) is 0. The second-order valence-corrected chi connectivity index (χ2v) is 10.0. The molecule has 0 bridgehead atoms. The molecule has 0 atom stereocenters. The lowest BCUT2D eigenvalue weighted by Gasteiger charge is -2.13. The van der Waals surface area contributed by atoms with Crippen LogP contribution in [0.25, 0.3) is 10.8 Å². The van der Waals surface area contributed by atoms with Gasteiger partial charge in [-0.25, -0.2) is 0 Å². The van der Waals surface area contributed by atoms with Gasteiger partial charge in [0.15, 0.2) is 5.75 Å². The number of anilines is 1. The minimum Gasteiger partial charge on any atom is -0.505 e. The fourth-order valence-electron chi connectivity index (χ4n) is 3.57. The van der Waals surface area contributed by atoms with Gasteiger partial charge in [0.1, 0.15) is 22.0 Å². The van der Waals surface area contributed by atoms with Crippen molar-refractivity contribution in [3.05, 3.63) is 81.8 Å². The van der Waals surface area contributed by atoms with Gasteiger partial charge in [-0.15, -0.1) is 10.2 Å². The summed E-state index contributed by atoms with van der Waals surface area (Å²) in [5.41, 5.74) is 0.589. The van der Waals surface area contributed by atoms with Crippen molar-refractivity contribution in [2.24, 2.45) is 10.2 Å². The first-order chi connectivity index (χ1) is 17.5. The van der Waals surface area contributed by atoms with E-state index in [1.165, 1.54) is 25.3 Å². The Morgan fingerprint density at radius 3 is 2.38 bits per heavy atom. The van der Waals surface area contributed by atoms with Crippen LogP contribution >= 0.6 is 23.2 Å². The van der Waals surface area contributed by atoms with Gasteiger partial charge < -0.3 is 15.2 Å². The van der Waals surface area contributed by atoms with Crippen molar-refractivity contribution in [2.45, 2.75) is 11.8 Å². The number of carbonyl (C=O) groups excluding carboxylic acids is 1. The molecule has 0 saturated carbocycles. The van der Waals surface area contributed by atoms with Gasteiger partial charge in [0, 0.05) is 11.5 Å². The van der Waals surface area contributed by atoms with Crippen molar-refractivity contribution in [2.75, 3.05) is 12.4 Å². The van der Waals surface area contributed by atoms with E-state index in [9.17, 15) is 22.9 Å². The van der Waals surface area contributed by atoms with Crippen LogP contribution in [0.15, 0.2) is 75.8 Å². The smallest absolute Gasteiger partial charge is 0.296 e. The number of hydrogen-bond donors (Lipinski definition) is 3. The third-order valence-corrected chi connectivity index (χ3v) is 7.18. The molecule has 4 aromatic rings. The van der Waals surface area contributed by atoms with Crippen LogP contribution in [0.1, 0.15) is 15.9 Å². The van der Waals surface area contributed by atoms with Crippen molar-refractivity contribution in [3.63, 3.8) is 0 Å². The lowest BCUT2D eigenvalue weighted by molar-refractivity contribution is 0.102. The molecule has 0 aromatic heterocycles. The predicted octanol–water partition coefficient (Wildman–Crippen LogP) is 7.08. The number of carbonyl (C=O) groups is 1. The highest BCUT2D eigenvalue weighted by atomic mass is 35.5. The highest BCUT2D eigenvalue weighted by molar-refractivity contribution is 7.86. The summed E-state index contributed by atoms with van der Waals surface area (Å²) >= 11 is 12.4. The molecule has 0 heterocycles. The molecule has 4 aromatic carbocycles. The van der Waals surface area contributed by atoms with Gasteiger partial charge in [-0.3, -0.25) is 9.35 Å². The lowest BCUT2D eigenvalue weighted by atomic mass is 10.0. The van der Waals surface area contributed by atoms with Crippen molar-refractivity contribution < 1.29 is 27.6 Å². The lowest BCUT2D eigenvalue weighted by Crippen LogP contribution is -2.12. The largest absolute Gasteiger partial charge is 0.505 e. The van der Waals surface area contributed by atoms with E-state index >= 15 is 0 Å². The minimum absolute atomic E-state index is 0.0276. The Kier molecular flexibility index (Phi) is 7.37. The van der Waals surface area contributed by atoms with E-state index in [1.807, 2.05) is 0 Å². The first-order valence-electron chi connectivity index (χ1n) is 10.6. The average Bonchev–Trinajstić information content (AvgIpc) is 2.85. The number of ether oxygens (including phenoxy) is 1. The topological polar surface area (TPSA) is 138 Å². The molecule has 37 heavy (non-hydrogen) atoms. The van der Waals surface area contributed by atoms with Gasteiger partial charge in [0.2, 0.25) is 0 Å². The van der Waals surface area contributed by atoms with Gasteiger partial charge in [0.25, 0.3) is 16.0 Å². The fraction of sp³-hybridized carbons (Fsp3) is 0.0800. The highest BCUT2D eigenvalue weighted by Gasteiger charge is 2.21. The van der Waals surface area contributed by atoms with Gasteiger partial charge in [-0.1, -0.05) is 53.5 Å². The molecule has 0 unspecified atom stereocenters. The number of nitrogens with one attached hydrogen (secondary N) is 1. The molecule has 0 aliphatic heterocycles. The molecule has 0 aliphatic rings. The first kappa shape index (κ1) is 26.4. The summed E-state index contributed by atoms with van der Waals surface area (Å²) in [7, 11) is -3.12. The van der Waals surface area contributed by atoms with Crippen LogP contribution in [0.4, 0.5) is 17.1 Å². The Morgan fingerprint density at radius 1 is 1.00 bits per heavy atom. The number of aryl methyl sites for hydroxylation is 1. The summed E-state index contributed by atoms with van der Waals surface area (Å²) in [6, 6.07) is 15.6. The number of benzene rings is 4. The second-order valence-electron chi connectivity index (χ2n) is 7.86. The van der Waals surface area contributed by atoms with Gasteiger partial charge >= 0.3 is 0 Å². The number of amides is 1. The summed E-state index contributed by atoms with van der Waals surface area (Å²) in [6.45, 7) is 1.62. The molecular formula is C25H19Cl2N3O6S. The number of phenols is 1. The standard InChI is InChI=1S/C25H19Cl2N3O6S/c1-13-7-10-20(37(33,34)35)21(27)22(13)29-30-23-16-6-4-3-5-14(16)11-17(24(23)31)25(32)28-19-9-8-15(36-2)12-18(19)26/h3-12,31H,1-2H3,(H,28,32)(H,33,34,35). The number of phenolic OH excluding ortho intramolecular Hbond substituents is 1. The number of hydrogen-bond acceptors (Lipinski definition) is 7. The number of halogens is 2. The van der Waals surface area contributed by atoms with E-state index in [2.05, 4.69) is 15.5 Å². The molecule has 0 aliphatic carbocycles. The Morgan fingerprint density at radius 2 is 1.70 bits per heavy atom.